The molecule has 1 aromatic rings. The fourth-order valence-electron chi connectivity index (χ4n) is 2.21. The molecular formula is C12H15FN2O3. The molecule has 1 fully saturated rings. The van der Waals surface area contributed by atoms with Crippen LogP contribution in [-0.2, 0) is 11.3 Å². The minimum absolute atomic E-state index is 0.0203. The number of nitro groups is 1. The lowest BCUT2D eigenvalue weighted by Crippen LogP contribution is -2.31. The molecule has 0 saturated heterocycles. The maximum Gasteiger partial charge on any atom is 0.275 e. The Morgan fingerprint density at radius 1 is 1.50 bits per heavy atom. The molecule has 5 nitrogen and oxygen atoms in total. The summed E-state index contributed by atoms with van der Waals surface area (Å²) in [7, 11) is 0. The predicted octanol–water partition coefficient (Wildman–Crippen LogP) is 2.13. The van der Waals surface area contributed by atoms with Gasteiger partial charge in [0, 0.05) is 12.1 Å². The van der Waals surface area contributed by atoms with Gasteiger partial charge < -0.3 is 10.5 Å². The molecule has 1 aliphatic rings. The van der Waals surface area contributed by atoms with Gasteiger partial charge in [-0.25, -0.2) is 4.39 Å². The van der Waals surface area contributed by atoms with E-state index in [0.29, 0.717) is 0 Å². The van der Waals surface area contributed by atoms with Crippen molar-refractivity contribution >= 4 is 5.69 Å². The summed E-state index contributed by atoms with van der Waals surface area (Å²) in [5.41, 5.74) is 5.96. The lowest BCUT2D eigenvalue weighted by molar-refractivity contribution is -0.386. The molecule has 0 spiro atoms. The highest BCUT2D eigenvalue weighted by Gasteiger charge is 2.25. The third-order valence-corrected chi connectivity index (χ3v) is 3.19. The van der Waals surface area contributed by atoms with Crippen molar-refractivity contribution in [2.75, 3.05) is 0 Å². The zero-order valence-corrected chi connectivity index (χ0v) is 9.84. The molecule has 0 aliphatic heterocycles. The molecule has 0 aromatic heterocycles. The lowest BCUT2D eigenvalue weighted by Gasteiger charge is -2.16. The molecule has 2 N–H and O–H groups in total. The van der Waals surface area contributed by atoms with Crippen LogP contribution in [0.15, 0.2) is 18.2 Å². The Morgan fingerprint density at radius 3 is 2.89 bits per heavy atom. The van der Waals surface area contributed by atoms with E-state index >= 15 is 0 Å². The number of nitrogens with two attached hydrogens (primary N) is 1. The summed E-state index contributed by atoms with van der Waals surface area (Å²) in [6.07, 6.45) is 2.66. The Balaban J connectivity index is 2.08. The molecule has 0 heterocycles. The fraction of sp³-hybridized carbons (Fsp3) is 0.500. The zero-order valence-electron chi connectivity index (χ0n) is 9.84. The summed E-state index contributed by atoms with van der Waals surface area (Å²) in [5.74, 6) is -0.505. The maximum absolute atomic E-state index is 13.1. The van der Waals surface area contributed by atoms with Crippen molar-refractivity contribution in [3.05, 3.63) is 39.7 Å². The third-order valence-electron chi connectivity index (χ3n) is 3.19. The van der Waals surface area contributed by atoms with Crippen LogP contribution in [0.5, 0.6) is 0 Å². The van der Waals surface area contributed by atoms with Gasteiger partial charge in [-0.15, -0.1) is 0 Å². The van der Waals surface area contributed by atoms with Crippen LogP contribution in [0.25, 0.3) is 0 Å². The standard InChI is InChI=1S/C12H15FN2O3/c13-9-4-5-11(15(16)17)8(6-9)7-18-12-3-1-2-10(12)14/h4-6,10,12H,1-3,7,14H2. The monoisotopic (exact) mass is 254 g/mol. The zero-order chi connectivity index (χ0) is 13.1. The van der Waals surface area contributed by atoms with E-state index in [1.54, 1.807) is 0 Å². The van der Waals surface area contributed by atoms with Gasteiger partial charge in [0.1, 0.15) is 5.82 Å². The second-order valence-corrected chi connectivity index (χ2v) is 4.47. The summed E-state index contributed by atoms with van der Waals surface area (Å²) in [6, 6.07) is 3.34. The first-order valence-electron chi connectivity index (χ1n) is 5.88. The van der Waals surface area contributed by atoms with Crippen molar-refractivity contribution in [3.8, 4) is 0 Å². The van der Waals surface area contributed by atoms with E-state index in [1.807, 2.05) is 0 Å². The van der Waals surface area contributed by atoms with Gasteiger partial charge in [-0.1, -0.05) is 0 Å². The molecule has 6 heteroatoms. The number of nitro benzene ring substituents is 1. The van der Waals surface area contributed by atoms with Gasteiger partial charge in [0.05, 0.1) is 23.2 Å². The summed E-state index contributed by atoms with van der Waals surface area (Å²) < 4.78 is 18.6. The van der Waals surface area contributed by atoms with Crippen LogP contribution in [0.1, 0.15) is 24.8 Å². The van der Waals surface area contributed by atoms with Crippen molar-refractivity contribution in [2.24, 2.45) is 5.73 Å². The molecule has 0 radical (unpaired) electrons. The lowest BCUT2D eigenvalue weighted by atomic mass is 10.2. The quantitative estimate of drug-likeness (QED) is 0.659. The molecule has 2 unspecified atom stereocenters. The highest BCUT2D eigenvalue weighted by Crippen LogP contribution is 2.25. The molecule has 1 aromatic carbocycles. The van der Waals surface area contributed by atoms with Gasteiger partial charge in [-0.2, -0.15) is 0 Å². The third kappa shape index (κ3) is 2.83. The highest BCUT2D eigenvalue weighted by atomic mass is 19.1. The second-order valence-electron chi connectivity index (χ2n) is 4.47. The Hall–Kier alpha value is -1.53. The number of benzene rings is 1. The van der Waals surface area contributed by atoms with E-state index in [-0.39, 0.29) is 30.0 Å². The smallest absolute Gasteiger partial charge is 0.275 e. The van der Waals surface area contributed by atoms with E-state index in [4.69, 9.17) is 10.5 Å². The number of nitrogens with zero attached hydrogens (tertiary/aromatic N) is 1. The van der Waals surface area contributed by atoms with E-state index in [9.17, 15) is 14.5 Å². The summed E-state index contributed by atoms with van der Waals surface area (Å²) in [5, 5.41) is 10.8. The average Bonchev–Trinajstić information content (AvgIpc) is 2.72. The normalized spacial score (nSPS) is 23.2. The van der Waals surface area contributed by atoms with Gasteiger partial charge in [0.25, 0.3) is 5.69 Å². The minimum atomic E-state index is -0.535. The van der Waals surface area contributed by atoms with Crippen LogP contribution in [-0.4, -0.2) is 17.1 Å². The van der Waals surface area contributed by atoms with E-state index in [0.717, 1.165) is 37.5 Å². The predicted molar refractivity (Wildman–Crippen MR) is 63.5 cm³/mol. The number of hydrogen-bond donors (Lipinski definition) is 1. The topological polar surface area (TPSA) is 78.4 Å². The molecular weight excluding hydrogens is 239 g/mol. The first-order chi connectivity index (χ1) is 8.58. The van der Waals surface area contributed by atoms with Crippen LogP contribution in [0.4, 0.5) is 10.1 Å². The van der Waals surface area contributed by atoms with E-state index in [1.165, 1.54) is 0 Å². The minimum Gasteiger partial charge on any atom is -0.372 e. The molecule has 0 amide bonds. The Labute approximate surface area is 104 Å². The second kappa shape index (κ2) is 5.41. The largest absolute Gasteiger partial charge is 0.372 e. The molecule has 18 heavy (non-hydrogen) atoms. The summed E-state index contributed by atoms with van der Waals surface area (Å²) in [6.45, 7) is 0.0203. The Kier molecular flexibility index (Phi) is 3.88. The van der Waals surface area contributed by atoms with Gasteiger partial charge in [0.15, 0.2) is 0 Å². The van der Waals surface area contributed by atoms with Crippen molar-refractivity contribution in [3.63, 3.8) is 0 Å². The van der Waals surface area contributed by atoms with Crippen molar-refractivity contribution in [1.29, 1.82) is 0 Å². The van der Waals surface area contributed by atoms with Gasteiger partial charge in [0.2, 0.25) is 0 Å². The maximum atomic E-state index is 13.1. The van der Waals surface area contributed by atoms with Crippen LogP contribution < -0.4 is 5.73 Å². The first kappa shape index (κ1) is 12.9. The molecule has 1 saturated carbocycles. The van der Waals surface area contributed by atoms with Crippen molar-refractivity contribution in [1.82, 2.24) is 0 Å². The molecule has 0 bridgehead atoms. The van der Waals surface area contributed by atoms with Crippen molar-refractivity contribution in [2.45, 2.75) is 38.0 Å². The van der Waals surface area contributed by atoms with Gasteiger partial charge in [-0.05, 0) is 31.4 Å². The molecule has 1 aliphatic carbocycles. The number of rotatable bonds is 4. The summed E-state index contributed by atoms with van der Waals surface area (Å²) >= 11 is 0. The van der Waals surface area contributed by atoms with E-state index < -0.39 is 10.7 Å². The fourth-order valence-corrected chi connectivity index (χ4v) is 2.21. The van der Waals surface area contributed by atoms with Gasteiger partial charge in [-0.3, -0.25) is 10.1 Å². The molecule has 2 atom stereocenters. The summed E-state index contributed by atoms with van der Waals surface area (Å²) in [4.78, 5) is 10.3. The number of ether oxygens (including phenoxy) is 1. The number of hydrogen-bond acceptors (Lipinski definition) is 4. The van der Waals surface area contributed by atoms with Crippen LogP contribution >= 0.6 is 0 Å². The van der Waals surface area contributed by atoms with Crippen molar-refractivity contribution < 1.29 is 14.1 Å². The van der Waals surface area contributed by atoms with Crippen LogP contribution in [0.2, 0.25) is 0 Å². The molecule has 98 valence electrons. The van der Waals surface area contributed by atoms with Crippen LogP contribution in [0.3, 0.4) is 0 Å². The Morgan fingerprint density at radius 2 is 2.28 bits per heavy atom. The highest BCUT2D eigenvalue weighted by molar-refractivity contribution is 5.39. The SMILES string of the molecule is NC1CCCC1OCc1cc(F)ccc1[N+](=O)[O-]. The van der Waals surface area contributed by atoms with Gasteiger partial charge >= 0.3 is 0 Å². The molecule has 2 rings (SSSR count). The number of halogens is 1. The average molecular weight is 254 g/mol. The van der Waals surface area contributed by atoms with E-state index in [2.05, 4.69) is 0 Å². The van der Waals surface area contributed by atoms with Crippen LogP contribution in [0, 0.1) is 15.9 Å². The first-order valence-corrected chi connectivity index (χ1v) is 5.88. The Bertz CT molecular complexity index is 453.